The van der Waals surface area contributed by atoms with Gasteiger partial charge in [0.1, 0.15) is 0 Å². The van der Waals surface area contributed by atoms with Crippen LogP contribution < -0.4 is 14.8 Å². The lowest BCUT2D eigenvalue weighted by molar-refractivity contribution is -0.391. The summed E-state index contributed by atoms with van der Waals surface area (Å²) in [5.41, 5.74) is 1.96. The van der Waals surface area contributed by atoms with E-state index in [4.69, 9.17) is 0 Å². The van der Waals surface area contributed by atoms with Gasteiger partial charge in [0.2, 0.25) is 10.0 Å². The Hall–Kier alpha value is -1.85. The molecule has 3 heterocycles. The van der Waals surface area contributed by atoms with Crippen molar-refractivity contribution in [2.45, 2.75) is 17.1 Å². The second-order valence-corrected chi connectivity index (χ2v) is 7.87. The molecule has 0 saturated heterocycles. The van der Waals surface area contributed by atoms with Gasteiger partial charge in [-0.15, -0.1) is 0 Å². The van der Waals surface area contributed by atoms with Crippen LogP contribution in [0.5, 0.6) is 11.5 Å². The number of hydrogen-bond acceptors (Lipinski definition) is 5. The molecule has 3 aliphatic heterocycles. The Morgan fingerprint density at radius 1 is 0.960 bits per heavy atom. The van der Waals surface area contributed by atoms with Gasteiger partial charge < -0.3 is 14.8 Å². The maximum atomic E-state index is 13.3. The predicted molar refractivity (Wildman–Crippen MR) is 76.2 cm³/mol. The van der Waals surface area contributed by atoms with E-state index >= 15 is 0 Å². The second-order valence-electron chi connectivity index (χ2n) is 5.93. The van der Waals surface area contributed by atoms with Crippen molar-refractivity contribution in [1.29, 1.82) is 0 Å². The molecule has 0 radical (unpaired) electrons. The smallest absolute Gasteiger partial charge is 0.421 e. The molecule has 0 atom stereocenters. The number of nitrogens with one attached hydrogen (secondary N) is 1. The number of benzene rings is 1. The Bertz CT molecular complexity index is 869. The zero-order valence-electron chi connectivity index (χ0n) is 12.6. The summed E-state index contributed by atoms with van der Waals surface area (Å²) in [5, 5.41) is 3.11. The first-order valence-corrected chi connectivity index (χ1v) is 8.72. The van der Waals surface area contributed by atoms with Crippen molar-refractivity contribution in [1.82, 2.24) is 9.62 Å². The monoisotopic (exact) mass is 380 g/mol. The quantitative estimate of drug-likeness (QED) is 0.623. The maximum absolute atomic E-state index is 13.3. The summed E-state index contributed by atoms with van der Waals surface area (Å²) >= 11 is 0. The number of ether oxygens (including phenoxy) is 2. The molecule has 0 amide bonds. The Morgan fingerprint density at radius 2 is 1.52 bits per heavy atom. The second kappa shape index (κ2) is 5.08. The minimum absolute atomic E-state index is 0.202. The Balaban J connectivity index is 1.65. The number of sulfonamides is 1. The normalized spacial score (nSPS) is 24.5. The third-order valence-electron chi connectivity index (χ3n) is 4.28. The van der Waals surface area contributed by atoms with Crippen LogP contribution in [-0.2, 0) is 10.0 Å². The van der Waals surface area contributed by atoms with Gasteiger partial charge in [-0.2, -0.15) is 21.9 Å². The molecule has 136 valence electrons. The highest BCUT2D eigenvalue weighted by atomic mass is 32.2. The molecular formula is C14H12F4N2O4S. The number of halogens is 4. The van der Waals surface area contributed by atoms with Crippen molar-refractivity contribution in [3.8, 4) is 11.5 Å². The molecule has 25 heavy (non-hydrogen) atoms. The molecule has 4 rings (SSSR count). The van der Waals surface area contributed by atoms with Gasteiger partial charge in [0.15, 0.2) is 11.5 Å². The van der Waals surface area contributed by atoms with Crippen LogP contribution in [0.3, 0.4) is 0 Å². The first-order chi connectivity index (χ1) is 11.6. The average Bonchev–Trinajstić information content (AvgIpc) is 3.08. The van der Waals surface area contributed by atoms with Crippen LogP contribution >= 0.6 is 0 Å². The highest BCUT2D eigenvalue weighted by Crippen LogP contribution is 2.47. The van der Waals surface area contributed by atoms with E-state index in [1.807, 2.05) is 0 Å². The molecule has 11 heteroatoms. The largest absolute Gasteiger partial charge is 0.507 e. The average molecular weight is 380 g/mol. The van der Waals surface area contributed by atoms with Crippen molar-refractivity contribution < 1.29 is 35.5 Å². The van der Waals surface area contributed by atoms with Crippen molar-refractivity contribution in [2.24, 2.45) is 0 Å². The molecule has 0 spiro atoms. The zero-order valence-corrected chi connectivity index (χ0v) is 13.4. The molecule has 0 bridgehead atoms. The highest BCUT2D eigenvalue weighted by Gasteiger charge is 2.66. The van der Waals surface area contributed by atoms with E-state index in [-0.39, 0.29) is 18.0 Å². The summed E-state index contributed by atoms with van der Waals surface area (Å²) in [7, 11) is -3.98. The molecule has 0 aromatic heterocycles. The Labute approximate surface area is 140 Å². The maximum Gasteiger partial charge on any atom is 0.507 e. The number of rotatable bonds is 2. The van der Waals surface area contributed by atoms with E-state index in [1.165, 1.54) is 4.31 Å². The molecule has 0 aliphatic carbocycles. The summed E-state index contributed by atoms with van der Waals surface area (Å²) in [5.74, 6) is -1.40. The molecule has 1 aromatic carbocycles. The van der Waals surface area contributed by atoms with E-state index < -0.39 is 33.7 Å². The van der Waals surface area contributed by atoms with Gasteiger partial charge in [-0.05, 0) is 23.3 Å². The molecule has 0 saturated carbocycles. The minimum Gasteiger partial charge on any atom is -0.421 e. The first kappa shape index (κ1) is 16.6. The van der Waals surface area contributed by atoms with Gasteiger partial charge >= 0.3 is 12.2 Å². The Kier molecular flexibility index (Phi) is 3.38. The van der Waals surface area contributed by atoms with E-state index in [2.05, 4.69) is 14.8 Å². The fourth-order valence-corrected chi connectivity index (χ4v) is 4.40. The SMILES string of the molecule is O=S(=O)(c1ccc2c(c1)OC(F)(F)C(F)(F)O2)N1CC2=C(CNC2)C1. The predicted octanol–water partition coefficient (Wildman–Crippen LogP) is 1.55. The van der Waals surface area contributed by atoms with Crippen LogP contribution in [0.4, 0.5) is 17.6 Å². The third-order valence-corrected chi connectivity index (χ3v) is 6.07. The molecular weight excluding hydrogens is 368 g/mol. The van der Waals surface area contributed by atoms with Crippen LogP contribution in [0.1, 0.15) is 0 Å². The van der Waals surface area contributed by atoms with Crippen LogP contribution in [0.25, 0.3) is 0 Å². The summed E-state index contributed by atoms with van der Waals surface area (Å²) in [6, 6.07) is 2.68. The molecule has 0 fully saturated rings. The van der Waals surface area contributed by atoms with Crippen molar-refractivity contribution in [2.75, 3.05) is 26.2 Å². The molecule has 1 N–H and O–H groups in total. The van der Waals surface area contributed by atoms with E-state index in [0.717, 1.165) is 29.3 Å². The molecule has 3 aliphatic rings. The van der Waals surface area contributed by atoms with Crippen LogP contribution in [0.15, 0.2) is 34.2 Å². The number of nitrogens with zero attached hydrogens (tertiary/aromatic N) is 1. The summed E-state index contributed by atoms with van der Waals surface area (Å²) in [6.07, 6.45) is -9.74. The van der Waals surface area contributed by atoms with Crippen LogP contribution in [0, 0.1) is 0 Å². The van der Waals surface area contributed by atoms with Crippen LogP contribution in [0.2, 0.25) is 0 Å². The van der Waals surface area contributed by atoms with Gasteiger partial charge in [-0.1, -0.05) is 0 Å². The van der Waals surface area contributed by atoms with E-state index in [9.17, 15) is 26.0 Å². The van der Waals surface area contributed by atoms with E-state index in [1.54, 1.807) is 0 Å². The van der Waals surface area contributed by atoms with Crippen molar-refractivity contribution in [3.63, 3.8) is 0 Å². The summed E-state index contributed by atoms with van der Waals surface area (Å²) in [6.45, 7) is 1.61. The minimum atomic E-state index is -4.90. The van der Waals surface area contributed by atoms with Crippen molar-refractivity contribution in [3.05, 3.63) is 29.3 Å². The fraction of sp³-hybridized carbons (Fsp3) is 0.429. The summed E-state index contributed by atoms with van der Waals surface area (Å²) in [4.78, 5) is -0.329. The zero-order chi connectivity index (χ0) is 18.0. The number of hydrogen-bond donors (Lipinski definition) is 1. The van der Waals surface area contributed by atoms with Gasteiger partial charge in [0.25, 0.3) is 0 Å². The summed E-state index contributed by atoms with van der Waals surface area (Å²) < 4.78 is 87.4. The van der Waals surface area contributed by atoms with Crippen LogP contribution in [-0.4, -0.2) is 51.1 Å². The standard InChI is InChI=1S/C14H12F4N2O4S/c15-13(16)14(17,18)24-12-3-10(1-2-11(12)23-13)25(21,22)20-6-8-4-19-5-9(8)7-20/h1-3,19H,4-7H2. The fourth-order valence-electron chi connectivity index (χ4n) is 2.96. The highest BCUT2D eigenvalue weighted by molar-refractivity contribution is 7.89. The topological polar surface area (TPSA) is 67.9 Å². The number of fused-ring (bicyclic) bond motifs is 1. The molecule has 0 unspecified atom stereocenters. The lowest BCUT2D eigenvalue weighted by atomic mass is 10.2. The lowest BCUT2D eigenvalue weighted by Crippen LogP contribution is -2.52. The van der Waals surface area contributed by atoms with Crippen molar-refractivity contribution >= 4 is 10.0 Å². The Morgan fingerprint density at radius 3 is 2.12 bits per heavy atom. The van der Waals surface area contributed by atoms with Gasteiger partial charge in [-0.25, -0.2) is 8.42 Å². The third kappa shape index (κ3) is 2.49. The lowest BCUT2D eigenvalue weighted by Gasteiger charge is -2.32. The van der Waals surface area contributed by atoms with Gasteiger partial charge in [0, 0.05) is 32.2 Å². The van der Waals surface area contributed by atoms with Gasteiger partial charge in [-0.3, -0.25) is 0 Å². The van der Waals surface area contributed by atoms with E-state index in [0.29, 0.717) is 13.1 Å². The first-order valence-electron chi connectivity index (χ1n) is 7.28. The van der Waals surface area contributed by atoms with Gasteiger partial charge in [0.05, 0.1) is 4.90 Å². The number of alkyl halides is 4. The molecule has 6 nitrogen and oxygen atoms in total. The molecule has 1 aromatic rings.